The van der Waals surface area contributed by atoms with Crippen LogP contribution in [0.15, 0.2) is 42.6 Å². The Morgan fingerprint density at radius 2 is 1.96 bits per heavy atom. The molecule has 0 aliphatic heterocycles. The van der Waals surface area contributed by atoms with Crippen LogP contribution in [0.1, 0.15) is 15.2 Å². The van der Waals surface area contributed by atoms with Crippen LogP contribution in [0.25, 0.3) is 10.2 Å². The van der Waals surface area contributed by atoms with E-state index in [-0.39, 0.29) is 0 Å². The van der Waals surface area contributed by atoms with Gasteiger partial charge >= 0.3 is 5.97 Å². The standard InChI is InChI=1S/C17H15NO4S/c1-20-12-7-5-11(6-8-12)10-22-14-13-4-3-9-18-16(13)23-15(14)17(19)21-2/h3-9H,10H2,1-2H3. The van der Waals surface area contributed by atoms with Crippen LogP contribution in [0, 0.1) is 0 Å². The Morgan fingerprint density at radius 3 is 2.65 bits per heavy atom. The number of fused-ring (bicyclic) bond motifs is 1. The van der Waals surface area contributed by atoms with Crippen molar-refractivity contribution in [2.45, 2.75) is 6.61 Å². The van der Waals surface area contributed by atoms with Gasteiger partial charge in [0.1, 0.15) is 17.2 Å². The molecule has 0 unspecified atom stereocenters. The molecule has 2 heterocycles. The number of nitrogens with zero attached hydrogens (tertiary/aromatic N) is 1. The first-order valence-corrected chi connectivity index (χ1v) is 7.76. The van der Waals surface area contributed by atoms with E-state index in [0.29, 0.717) is 17.2 Å². The molecular weight excluding hydrogens is 314 g/mol. The number of methoxy groups -OCH3 is 2. The number of aromatic nitrogens is 1. The zero-order valence-electron chi connectivity index (χ0n) is 12.7. The first-order valence-electron chi connectivity index (χ1n) is 6.94. The lowest BCUT2D eigenvalue weighted by atomic mass is 10.2. The maximum atomic E-state index is 12.0. The van der Waals surface area contributed by atoms with Gasteiger partial charge in [0, 0.05) is 6.20 Å². The van der Waals surface area contributed by atoms with Crippen molar-refractivity contribution in [2.75, 3.05) is 14.2 Å². The largest absolute Gasteiger partial charge is 0.497 e. The third-order valence-electron chi connectivity index (χ3n) is 3.33. The molecule has 6 heteroatoms. The average molecular weight is 329 g/mol. The van der Waals surface area contributed by atoms with Crippen molar-refractivity contribution in [3.05, 3.63) is 53.0 Å². The summed E-state index contributed by atoms with van der Waals surface area (Å²) in [6.45, 7) is 0.342. The molecule has 0 radical (unpaired) electrons. The molecule has 23 heavy (non-hydrogen) atoms. The van der Waals surface area contributed by atoms with Crippen LogP contribution in [0.3, 0.4) is 0 Å². The lowest BCUT2D eigenvalue weighted by Crippen LogP contribution is -2.03. The van der Waals surface area contributed by atoms with Crippen molar-refractivity contribution >= 4 is 27.5 Å². The Morgan fingerprint density at radius 1 is 1.17 bits per heavy atom. The van der Waals surface area contributed by atoms with Crippen molar-refractivity contribution in [3.63, 3.8) is 0 Å². The number of ether oxygens (including phenoxy) is 3. The lowest BCUT2D eigenvalue weighted by molar-refractivity contribution is 0.0602. The fraction of sp³-hybridized carbons (Fsp3) is 0.176. The van der Waals surface area contributed by atoms with E-state index < -0.39 is 5.97 Å². The van der Waals surface area contributed by atoms with Crippen molar-refractivity contribution in [3.8, 4) is 11.5 Å². The zero-order valence-corrected chi connectivity index (χ0v) is 13.6. The van der Waals surface area contributed by atoms with Crippen LogP contribution in [-0.2, 0) is 11.3 Å². The summed E-state index contributed by atoms with van der Waals surface area (Å²) < 4.78 is 15.9. The van der Waals surface area contributed by atoms with Gasteiger partial charge in [-0.15, -0.1) is 11.3 Å². The smallest absolute Gasteiger partial charge is 0.351 e. The minimum atomic E-state index is -0.419. The summed E-state index contributed by atoms with van der Waals surface area (Å²) in [6, 6.07) is 11.3. The predicted molar refractivity (Wildman–Crippen MR) is 88.3 cm³/mol. The van der Waals surface area contributed by atoms with Gasteiger partial charge in [-0.3, -0.25) is 0 Å². The van der Waals surface area contributed by atoms with Crippen LogP contribution in [0.2, 0.25) is 0 Å². The highest BCUT2D eigenvalue weighted by Crippen LogP contribution is 2.37. The molecule has 0 aliphatic rings. The lowest BCUT2D eigenvalue weighted by Gasteiger charge is -2.08. The molecule has 0 amide bonds. The number of pyridine rings is 1. The number of benzene rings is 1. The molecule has 0 saturated carbocycles. The van der Waals surface area contributed by atoms with Gasteiger partial charge in [0.2, 0.25) is 0 Å². The molecule has 0 saturated heterocycles. The predicted octanol–water partition coefficient (Wildman–Crippen LogP) is 3.67. The fourth-order valence-corrected chi connectivity index (χ4v) is 3.16. The summed E-state index contributed by atoms with van der Waals surface area (Å²) >= 11 is 1.27. The zero-order chi connectivity index (χ0) is 16.2. The topological polar surface area (TPSA) is 57.7 Å². The van der Waals surface area contributed by atoms with E-state index in [2.05, 4.69) is 4.98 Å². The van der Waals surface area contributed by atoms with E-state index >= 15 is 0 Å². The van der Waals surface area contributed by atoms with Gasteiger partial charge < -0.3 is 14.2 Å². The van der Waals surface area contributed by atoms with Gasteiger partial charge in [-0.25, -0.2) is 9.78 Å². The molecule has 3 rings (SSSR count). The van der Waals surface area contributed by atoms with Crippen molar-refractivity contribution in [1.29, 1.82) is 0 Å². The third kappa shape index (κ3) is 3.12. The first-order chi connectivity index (χ1) is 11.2. The summed E-state index contributed by atoms with van der Waals surface area (Å²) in [5.41, 5.74) is 0.977. The molecule has 3 aromatic rings. The number of rotatable bonds is 5. The third-order valence-corrected chi connectivity index (χ3v) is 4.41. The van der Waals surface area contributed by atoms with Crippen LogP contribution in [0.4, 0.5) is 0 Å². The molecule has 2 aromatic heterocycles. The fourth-order valence-electron chi connectivity index (χ4n) is 2.16. The van der Waals surface area contributed by atoms with Crippen LogP contribution < -0.4 is 9.47 Å². The van der Waals surface area contributed by atoms with E-state index in [9.17, 15) is 4.79 Å². The summed E-state index contributed by atoms with van der Waals surface area (Å²) in [4.78, 5) is 17.4. The number of hydrogen-bond donors (Lipinski definition) is 0. The molecule has 0 bridgehead atoms. The maximum Gasteiger partial charge on any atom is 0.351 e. The molecule has 5 nitrogen and oxygen atoms in total. The van der Waals surface area contributed by atoms with Crippen molar-refractivity contribution in [1.82, 2.24) is 4.98 Å². The summed E-state index contributed by atoms with van der Waals surface area (Å²) in [5, 5.41) is 0.811. The highest BCUT2D eigenvalue weighted by atomic mass is 32.1. The SMILES string of the molecule is COC(=O)c1sc2ncccc2c1OCc1ccc(OC)cc1. The molecule has 0 fully saturated rings. The van der Waals surface area contributed by atoms with Crippen LogP contribution in [0.5, 0.6) is 11.5 Å². The normalized spacial score (nSPS) is 10.5. The van der Waals surface area contributed by atoms with Crippen LogP contribution in [-0.4, -0.2) is 25.2 Å². The second kappa shape index (κ2) is 6.66. The van der Waals surface area contributed by atoms with E-state index in [0.717, 1.165) is 21.5 Å². The number of esters is 1. The maximum absolute atomic E-state index is 12.0. The highest BCUT2D eigenvalue weighted by Gasteiger charge is 2.21. The second-order valence-corrected chi connectivity index (χ2v) is 5.74. The number of carbonyl (C=O) groups excluding carboxylic acids is 1. The molecule has 118 valence electrons. The van der Waals surface area contributed by atoms with Gasteiger partial charge in [0.15, 0.2) is 10.6 Å². The van der Waals surface area contributed by atoms with E-state index in [1.54, 1.807) is 13.3 Å². The number of hydrogen-bond acceptors (Lipinski definition) is 6. The van der Waals surface area contributed by atoms with Crippen LogP contribution >= 0.6 is 11.3 Å². The Labute approximate surface area is 137 Å². The number of thiophene rings is 1. The molecule has 0 spiro atoms. The molecule has 1 aromatic carbocycles. The Hall–Kier alpha value is -2.60. The van der Waals surface area contributed by atoms with E-state index in [1.165, 1.54) is 18.4 Å². The Bertz CT molecular complexity index is 826. The van der Waals surface area contributed by atoms with Gasteiger partial charge in [-0.05, 0) is 29.8 Å². The minimum absolute atomic E-state index is 0.342. The molecule has 0 N–H and O–H groups in total. The van der Waals surface area contributed by atoms with Gasteiger partial charge in [-0.1, -0.05) is 12.1 Å². The second-order valence-electron chi connectivity index (χ2n) is 4.74. The Balaban J connectivity index is 1.89. The minimum Gasteiger partial charge on any atom is -0.497 e. The quantitative estimate of drug-likeness (QED) is 0.669. The highest BCUT2D eigenvalue weighted by molar-refractivity contribution is 7.20. The summed E-state index contributed by atoms with van der Waals surface area (Å²) in [6.07, 6.45) is 1.69. The molecular formula is C17H15NO4S. The van der Waals surface area contributed by atoms with Gasteiger partial charge in [-0.2, -0.15) is 0 Å². The van der Waals surface area contributed by atoms with Gasteiger partial charge in [0.25, 0.3) is 0 Å². The summed E-state index contributed by atoms with van der Waals surface area (Å²) in [5.74, 6) is 0.882. The molecule has 0 atom stereocenters. The number of carbonyl (C=O) groups is 1. The molecule has 0 aliphatic carbocycles. The summed E-state index contributed by atoms with van der Waals surface area (Å²) in [7, 11) is 2.98. The van der Waals surface area contributed by atoms with Gasteiger partial charge in [0.05, 0.1) is 19.6 Å². The monoisotopic (exact) mass is 329 g/mol. The van der Waals surface area contributed by atoms with Crippen molar-refractivity contribution < 1.29 is 19.0 Å². The Kier molecular flexibility index (Phi) is 4.43. The van der Waals surface area contributed by atoms with E-state index in [1.807, 2.05) is 36.4 Å². The van der Waals surface area contributed by atoms with Crippen molar-refractivity contribution in [2.24, 2.45) is 0 Å². The average Bonchev–Trinajstić information content (AvgIpc) is 2.98. The van der Waals surface area contributed by atoms with E-state index in [4.69, 9.17) is 14.2 Å². The first kappa shape index (κ1) is 15.3.